The zero-order valence-corrected chi connectivity index (χ0v) is 15.4. The summed E-state index contributed by atoms with van der Waals surface area (Å²) in [4.78, 5) is 44.6. The SMILES string of the molecule is CCCCOC(=O)c1ccc(NC(=O)Cn2cnc3ncccc3c2=O)cc1. The number of carbonyl (C=O) groups excluding carboxylic acids is 2. The van der Waals surface area contributed by atoms with E-state index in [0.29, 0.717) is 28.9 Å². The molecule has 1 amide bonds. The monoisotopic (exact) mass is 380 g/mol. The number of rotatable bonds is 7. The third-order valence-corrected chi connectivity index (χ3v) is 4.05. The highest BCUT2D eigenvalue weighted by Crippen LogP contribution is 2.11. The fourth-order valence-corrected chi connectivity index (χ4v) is 2.55. The molecule has 0 unspecified atom stereocenters. The van der Waals surface area contributed by atoms with Crippen molar-refractivity contribution in [3.63, 3.8) is 0 Å². The molecular weight excluding hydrogens is 360 g/mol. The normalized spacial score (nSPS) is 10.6. The van der Waals surface area contributed by atoms with Gasteiger partial charge in [0, 0.05) is 11.9 Å². The minimum Gasteiger partial charge on any atom is -0.462 e. The van der Waals surface area contributed by atoms with Gasteiger partial charge < -0.3 is 10.1 Å². The summed E-state index contributed by atoms with van der Waals surface area (Å²) in [5.74, 6) is -0.779. The zero-order chi connectivity index (χ0) is 19.9. The first-order valence-electron chi connectivity index (χ1n) is 8.95. The van der Waals surface area contributed by atoms with E-state index < -0.39 is 5.97 Å². The van der Waals surface area contributed by atoms with Gasteiger partial charge in [-0.2, -0.15) is 0 Å². The van der Waals surface area contributed by atoms with E-state index in [-0.39, 0.29) is 18.0 Å². The molecule has 0 aliphatic rings. The van der Waals surface area contributed by atoms with Crippen LogP contribution in [0.25, 0.3) is 11.0 Å². The molecule has 0 fully saturated rings. The summed E-state index contributed by atoms with van der Waals surface area (Å²) in [6.07, 6.45) is 4.62. The molecule has 1 aromatic carbocycles. The molecule has 144 valence electrons. The number of pyridine rings is 1. The van der Waals surface area contributed by atoms with E-state index in [9.17, 15) is 14.4 Å². The predicted molar refractivity (Wildman–Crippen MR) is 104 cm³/mol. The molecule has 3 aromatic rings. The van der Waals surface area contributed by atoms with Crippen molar-refractivity contribution in [2.45, 2.75) is 26.3 Å². The number of hydrogen-bond donors (Lipinski definition) is 1. The second-order valence-electron chi connectivity index (χ2n) is 6.17. The van der Waals surface area contributed by atoms with E-state index in [1.54, 1.807) is 42.6 Å². The Bertz CT molecular complexity index is 1040. The standard InChI is InChI=1S/C20H20N4O4/c1-2-3-11-28-20(27)14-6-8-15(9-7-14)23-17(25)12-24-13-22-18-16(19(24)26)5-4-10-21-18/h4-10,13H,2-3,11-12H2,1H3,(H,23,25). The lowest BCUT2D eigenvalue weighted by atomic mass is 10.2. The van der Waals surface area contributed by atoms with E-state index in [0.717, 1.165) is 12.8 Å². The van der Waals surface area contributed by atoms with Crippen LogP contribution in [0.2, 0.25) is 0 Å². The highest BCUT2D eigenvalue weighted by atomic mass is 16.5. The van der Waals surface area contributed by atoms with E-state index in [2.05, 4.69) is 15.3 Å². The summed E-state index contributed by atoms with van der Waals surface area (Å²) in [7, 11) is 0. The summed E-state index contributed by atoms with van der Waals surface area (Å²) in [5, 5.41) is 3.04. The maximum Gasteiger partial charge on any atom is 0.338 e. The van der Waals surface area contributed by atoms with Crippen molar-refractivity contribution in [3.05, 3.63) is 64.8 Å². The average Bonchev–Trinajstić information content (AvgIpc) is 2.71. The molecule has 0 saturated heterocycles. The Morgan fingerprint density at radius 1 is 1.14 bits per heavy atom. The summed E-state index contributed by atoms with van der Waals surface area (Å²) in [6.45, 7) is 2.22. The molecule has 28 heavy (non-hydrogen) atoms. The molecule has 0 radical (unpaired) electrons. The van der Waals surface area contributed by atoms with Crippen LogP contribution in [0.1, 0.15) is 30.1 Å². The minimum atomic E-state index is -0.395. The second-order valence-corrected chi connectivity index (χ2v) is 6.17. The molecule has 0 spiro atoms. The Hall–Kier alpha value is -3.55. The number of carbonyl (C=O) groups is 2. The van der Waals surface area contributed by atoms with Gasteiger partial charge >= 0.3 is 5.97 Å². The Morgan fingerprint density at radius 2 is 1.93 bits per heavy atom. The van der Waals surface area contributed by atoms with Gasteiger partial charge in [-0.25, -0.2) is 14.8 Å². The molecule has 8 heteroatoms. The number of ether oxygens (including phenoxy) is 1. The lowest BCUT2D eigenvalue weighted by molar-refractivity contribution is -0.116. The molecule has 0 aliphatic heterocycles. The van der Waals surface area contributed by atoms with Crippen LogP contribution in [-0.2, 0) is 16.1 Å². The zero-order valence-electron chi connectivity index (χ0n) is 15.4. The molecule has 2 heterocycles. The third-order valence-electron chi connectivity index (χ3n) is 4.05. The van der Waals surface area contributed by atoms with Crippen LogP contribution in [0.15, 0.2) is 53.7 Å². The van der Waals surface area contributed by atoms with E-state index in [1.807, 2.05) is 6.92 Å². The van der Waals surface area contributed by atoms with Crippen LogP contribution in [0.3, 0.4) is 0 Å². The van der Waals surface area contributed by atoms with Gasteiger partial charge in [0.25, 0.3) is 5.56 Å². The first kappa shape index (κ1) is 19.2. The van der Waals surface area contributed by atoms with Crippen molar-refractivity contribution in [1.82, 2.24) is 14.5 Å². The third kappa shape index (κ3) is 4.59. The van der Waals surface area contributed by atoms with Gasteiger partial charge in [-0.15, -0.1) is 0 Å². The van der Waals surface area contributed by atoms with Crippen LogP contribution >= 0.6 is 0 Å². The highest BCUT2D eigenvalue weighted by molar-refractivity contribution is 5.93. The number of fused-ring (bicyclic) bond motifs is 1. The van der Waals surface area contributed by atoms with Crippen molar-refractivity contribution in [1.29, 1.82) is 0 Å². The van der Waals surface area contributed by atoms with Crippen LogP contribution in [-0.4, -0.2) is 33.0 Å². The Kier molecular flexibility index (Phi) is 6.11. The van der Waals surface area contributed by atoms with E-state index in [1.165, 1.54) is 10.9 Å². The highest BCUT2D eigenvalue weighted by Gasteiger charge is 2.10. The minimum absolute atomic E-state index is 0.183. The number of benzene rings is 1. The van der Waals surface area contributed by atoms with Gasteiger partial charge in [0.15, 0.2) is 5.65 Å². The molecule has 0 aliphatic carbocycles. The smallest absolute Gasteiger partial charge is 0.338 e. The molecule has 2 aromatic heterocycles. The molecule has 0 saturated carbocycles. The Balaban J connectivity index is 1.63. The number of amides is 1. The van der Waals surface area contributed by atoms with Crippen molar-refractivity contribution in [2.24, 2.45) is 0 Å². The van der Waals surface area contributed by atoms with Crippen molar-refractivity contribution in [2.75, 3.05) is 11.9 Å². The molecule has 8 nitrogen and oxygen atoms in total. The number of unbranched alkanes of at least 4 members (excludes halogenated alkanes) is 1. The van der Waals surface area contributed by atoms with Crippen molar-refractivity contribution >= 4 is 28.6 Å². The van der Waals surface area contributed by atoms with Crippen molar-refractivity contribution < 1.29 is 14.3 Å². The number of hydrogen-bond acceptors (Lipinski definition) is 6. The number of anilines is 1. The van der Waals surface area contributed by atoms with Crippen LogP contribution in [0, 0.1) is 0 Å². The first-order valence-corrected chi connectivity index (χ1v) is 8.95. The van der Waals surface area contributed by atoms with Crippen LogP contribution in [0.5, 0.6) is 0 Å². The first-order chi connectivity index (χ1) is 13.6. The molecular formula is C20H20N4O4. The van der Waals surface area contributed by atoms with E-state index >= 15 is 0 Å². The van der Waals surface area contributed by atoms with Crippen molar-refractivity contribution in [3.8, 4) is 0 Å². The lowest BCUT2D eigenvalue weighted by Crippen LogP contribution is -2.28. The van der Waals surface area contributed by atoms with Crippen LogP contribution in [0.4, 0.5) is 5.69 Å². The molecule has 0 bridgehead atoms. The average molecular weight is 380 g/mol. The molecule has 3 rings (SSSR count). The predicted octanol–water partition coefficient (Wildman–Crippen LogP) is 2.39. The topological polar surface area (TPSA) is 103 Å². The fraction of sp³-hybridized carbons (Fsp3) is 0.250. The summed E-state index contributed by atoms with van der Waals surface area (Å²) in [6, 6.07) is 9.65. The maximum absolute atomic E-state index is 12.4. The van der Waals surface area contributed by atoms with Crippen LogP contribution < -0.4 is 10.9 Å². The number of esters is 1. The van der Waals surface area contributed by atoms with Gasteiger partial charge in [-0.3, -0.25) is 14.2 Å². The van der Waals surface area contributed by atoms with Gasteiger partial charge in [-0.05, 0) is 42.8 Å². The Labute approximate surface area is 161 Å². The summed E-state index contributed by atoms with van der Waals surface area (Å²) >= 11 is 0. The fourth-order valence-electron chi connectivity index (χ4n) is 2.55. The largest absolute Gasteiger partial charge is 0.462 e. The molecule has 0 atom stereocenters. The van der Waals surface area contributed by atoms with Gasteiger partial charge in [0.1, 0.15) is 12.9 Å². The van der Waals surface area contributed by atoms with Gasteiger partial charge in [-0.1, -0.05) is 13.3 Å². The van der Waals surface area contributed by atoms with Gasteiger partial charge in [0.2, 0.25) is 5.91 Å². The number of nitrogens with one attached hydrogen (secondary N) is 1. The quantitative estimate of drug-likeness (QED) is 0.499. The lowest BCUT2D eigenvalue weighted by Gasteiger charge is -2.09. The summed E-state index contributed by atoms with van der Waals surface area (Å²) < 4.78 is 6.36. The Morgan fingerprint density at radius 3 is 2.68 bits per heavy atom. The number of nitrogens with zero attached hydrogens (tertiary/aromatic N) is 3. The van der Waals surface area contributed by atoms with Gasteiger partial charge in [0.05, 0.1) is 17.6 Å². The van der Waals surface area contributed by atoms with E-state index in [4.69, 9.17) is 4.74 Å². The number of aromatic nitrogens is 3. The maximum atomic E-state index is 12.4. The second kappa shape index (κ2) is 8.90. The molecule has 1 N–H and O–H groups in total. The summed E-state index contributed by atoms with van der Waals surface area (Å²) in [5.41, 5.74) is 0.930.